The molecule has 9 heteroatoms. The van der Waals surface area contributed by atoms with Gasteiger partial charge in [0, 0.05) is 26.6 Å². The van der Waals surface area contributed by atoms with E-state index < -0.39 is 11.9 Å². The average Bonchev–Trinajstić information content (AvgIpc) is 2.67. The summed E-state index contributed by atoms with van der Waals surface area (Å²) in [5, 5.41) is 0. The molecule has 0 radical (unpaired) electrons. The Labute approximate surface area is 152 Å². The minimum atomic E-state index is -0.592. The molecule has 1 heterocycles. The number of hydrogen-bond donors (Lipinski definition) is 0. The van der Waals surface area contributed by atoms with Gasteiger partial charge in [0.25, 0.3) is 0 Å². The van der Waals surface area contributed by atoms with E-state index in [4.69, 9.17) is 28.4 Å². The van der Waals surface area contributed by atoms with E-state index in [1.807, 2.05) is 0 Å². The lowest BCUT2D eigenvalue weighted by Crippen LogP contribution is -2.15. The van der Waals surface area contributed by atoms with Gasteiger partial charge < -0.3 is 28.4 Å². The second-order valence-corrected chi connectivity index (χ2v) is 4.94. The van der Waals surface area contributed by atoms with Gasteiger partial charge in [-0.15, -0.1) is 0 Å². The predicted octanol–water partition coefficient (Wildman–Crippen LogP) is 0.721. The molecule has 0 fully saturated rings. The van der Waals surface area contributed by atoms with Gasteiger partial charge in [-0.25, -0.2) is 9.59 Å². The van der Waals surface area contributed by atoms with Crippen molar-refractivity contribution in [2.24, 2.45) is 0 Å². The Morgan fingerprint density at radius 1 is 0.731 bits per heavy atom. The maximum absolute atomic E-state index is 11.9. The maximum atomic E-state index is 11.9. The standard InChI is InChI=1S/C17H25NO8/c1-21-3-5-23-7-9-25-16(19)14-11-15(13-18-12-14)17(20)26-10-8-24-6-4-22-2/h11-13H,3-10H2,1-2H3. The van der Waals surface area contributed by atoms with Crippen molar-refractivity contribution in [3.05, 3.63) is 29.6 Å². The Hall–Kier alpha value is -2.07. The lowest BCUT2D eigenvalue weighted by molar-refractivity contribution is 0.0210. The molecule has 0 spiro atoms. The molecule has 0 atom stereocenters. The van der Waals surface area contributed by atoms with E-state index in [1.54, 1.807) is 14.2 Å². The van der Waals surface area contributed by atoms with Crippen LogP contribution in [-0.4, -0.2) is 84.0 Å². The smallest absolute Gasteiger partial charge is 0.339 e. The minimum Gasteiger partial charge on any atom is -0.460 e. The summed E-state index contributed by atoms with van der Waals surface area (Å²) < 4.78 is 30.1. The van der Waals surface area contributed by atoms with Crippen molar-refractivity contribution in [3.8, 4) is 0 Å². The highest BCUT2D eigenvalue weighted by atomic mass is 16.6. The van der Waals surface area contributed by atoms with Gasteiger partial charge in [-0.05, 0) is 6.07 Å². The largest absolute Gasteiger partial charge is 0.460 e. The van der Waals surface area contributed by atoms with E-state index in [2.05, 4.69) is 4.98 Å². The van der Waals surface area contributed by atoms with Crippen LogP contribution >= 0.6 is 0 Å². The topological polar surface area (TPSA) is 102 Å². The number of aromatic nitrogens is 1. The number of rotatable bonds is 14. The summed E-state index contributed by atoms with van der Waals surface area (Å²) in [5.41, 5.74) is 0.320. The molecule has 0 aromatic carbocycles. The quantitative estimate of drug-likeness (QED) is 0.346. The molecule has 0 amide bonds. The van der Waals surface area contributed by atoms with Gasteiger partial charge in [-0.1, -0.05) is 0 Å². The molecule has 0 unspecified atom stereocenters. The van der Waals surface area contributed by atoms with Gasteiger partial charge in [0.15, 0.2) is 0 Å². The van der Waals surface area contributed by atoms with Crippen LogP contribution in [0.2, 0.25) is 0 Å². The molecule has 0 saturated heterocycles. The van der Waals surface area contributed by atoms with Crippen molar-refractivity contribution in [3.63, 3.8) is 0 Å². The highest BCUT2D eigenvalue weighted by Crippen LogP contribution is 2.06. The molecule has 26 heavy (non-hydrogen) atoms. The number of hydrogen-bond acceptors (Lipinski definition) is 9. The average molecular weight is 371 g/mol. The number of methoxy groups -OCH3 is 2. The molecule has 0 saturated carbocycles. The fraction of sp³-hybridized carbons (Fsp3) is 0.588. The number of nitrogens with zero attached hydrogens (tertiary/aromatic N) is 1. The minimum absolute atomic E-state index is 0.0933. The van der Waals surface area contributed by atoms with Gasteiger partial charge in [0.1, 0.15) is 13.2 Å². The third-order valence-electron chi connectivity index (χ3n) is 2.99. The Balaban J connectivity index is 2.34. The molecular formula is C17H25NO8. The number of carbonyl (C=O) groups is 2. The molecule has 1 aromatic heterocycles. The van der Waals surface area contributed by atoms with Crippen LogP contribution in [-0.2, 0) is 28.4 Å². The van der Waals surface area contributed by atoms with E-state index in [0.717, 1.165) is 0 Å². The summed E-state index contributed by atoms with van der Waals surface area (Å²) in [5.74, 6) is -1.18. The Kier molecular flexibility index (Phi) is 11.9. The third kappa shape index (κ3) is 9.42. The summed E-state index contributed by atoms with van der Waals surface area (Å²) >= 11 is 0. The lowest BCUT2D eigenvalue weighted by Gasteiger charge is -2.08. The Morgan fingerprint density at radius 2 is 1.15 bits per heavy atom. The summed E-state index contributed by atoms with van der Waals surface area (Å²) in [6, 6.07) is 1.37. The molecule has 1 rings (SSSR count). The zero-order chi connectivity index (χ0) is 19.0. The van der Waals surface area contributed by atoms with Crippen LogP contribution in [0.4, 0.5) is 0 Å². The van der Waals surface area contributed by atoms with Crippen molar-refractivity contribution in [2.75, 3.05) is 67.1 Å². The number of carbonyl (C=O) groups excluding carboxylic acids is 2. The highest BCUT2D eigenvalue weighted by Gasteiger charge is 2.13. The molecule has 146 valence electrons. The summed E-state index contributed by atoms with van der Waals surface area (Å²) in [4.78, 5) is 27.8. The molecule has 0 aliphatic rings. The van der Waals surface area contributed by atoms with E-state index in [1.165, 1.54) is 18.5 Å². The molecular weight excluding hydrogens is 346 g/mol. The van der Waals surface area contributed by atoms with E-state index in [9.17, 15) is 9.59 Å². The molecule has 9 nitrogen and oxygen atoms in total. The second kappa shape index (κ2) is 14.1. The van der Waals surface area contributed by atoms with Crippen LogP contribution in [0.5, 0.6) is 0 Å². The zero-order valence-corrected chi connectivity index (χ0v) is 15.1. The summed E-state index contributed by atoms with van der Waals surface area (Å²) in [7, 11) is 3.14. The molecule has 0 N–H and O–H groups in total. The van der Waals surface area contributed by atoms with Crippen LogP contribution in [0.3, 0.4) is 0 Å². The predicted molar refractivity (Wildman–Crippen MR) is 90.2 cm³/mol. The van der Waals surface area contributed by atoms with Crippen molar-refractivity contribution in [1.82, 2.24) is 4.98 Å². The van der Waals surface area contributed by atoms with Crippen LogP contribution in [0.1, 0.15) is 20.7 Å². The Bertz CT molecular complexity index is 494. The zero-order valence-electron chi connectivity index (χ0n) is 15.1. The van der Waals surface area contributed by atoms with Crippen LogP contribution in [0, 0.1) is 0 Å². The first-order valence-electron chi connectivity index (χ1n) is 8.11. The van der Waals surface area contributed by atoms with Gasteiger partial charge in [0.2, 0.25) is 0 Å². The number of esters is 2. The lowest BCUT2D eigenvalue weighted by atomic mass is 10.2. The van der Waals surface area contributed by atoms with Gasteiger partial charge >= 0.3 is 11.9 Å². The van der Waals surface area contributed by atoms with E-state index in [0.29, 0.717) is 26.4 Å². The molecule has 0 bridgehead atoms. The van der Waals surface area contributed by atoms with Crippen molar-refractivity contribution < 1.29 is 38.0 Å². The fourth-order valence-corrected chi connectivity index (χ4v) is 1.71. The normalized spacial score (nSPS) is 10.5. The van der Waals surface area contributed by atoms with Gasteiger partial charge in [-0.3, -0.25) is 4.98 Å². The first kappa shape index (κ1) is 22.0. The SMILES string of the molecule is COCCOCCOC(=O)c1cncc(C(=O)OCCOCCOC)c1. The summed E-state index contributed by atoms with van der Waals surface area (Å²) in [6.45, 7) is 2.49. The van der Waals surface area contributed by atoms with Gasteiger partial charge in [-0.2, -0.15) is 0 Å². The number of ether oxygens (including phenoxy) is 6. The first-order chi connectivity index (χ1) is 12.7. The van der Waals surface area contributed by atoms with E-state index in [-0.39, 0.29) is 37.6 Å². The highest BCUT2D eigenvalue weighted by molar-refractivity contribution is 5.94. The van der Waals surface area contributed by atoms with E-state index >= 15 is 0 Å². The second-order valence-electron chi connectivity index (χ2n) is 4.94. The van der Waals surface area contributed by atoms with Crippen LogP contribution in [0.25, 0.3) is 0 Å². The molecule has 0 aliphatic heterocycles. The van der Waals surface area contributed by atoms with Crippen LogP contribution < -0.4 is 0 Å². The van der Waals surface area contributed by atoms with Crippen LogP contribution in [0.15, 0.2) is 18.5 Å². The van der Waals surface area contributed by atoms with Crippen molar-refractivity contribution in [1.29, 1.82) is 0 Å². The fourth-order valence-electron chi connectivity index (χ4n) is 1.71. The molecule has 1 aromatic rings. The Morgan fingerprint density at radius 3 is 1.58 bits per heavy atom. The van der Waals surface area contributed by atoms with Crippen molar-refractivity contribution >= 4 is 11.9 Å². The third-order valence-corrected chi connectivity index (χ3v) is 2.99. The maximum Gasteiger partial charge on any atom is 0.339 e. The van der Waals surface area contributed by atoms with Crippen molar-refractivity contribution in [2.45, 2.75) is 0 Å². The molecule has 0 aliphatic carbocycles. The number of pyridine rings is 1. The summed E-state index contributed by atoms with van der Waals surface area (Å²) in [6.07, 6.45) is 2.64. The monoisotopic (exact) mass is 371 g/mol. The van der Waals surface area contributed by atoms with Gasteiger partial charge in [0.05, 0.1) is 50.8 Å². The first-order valence-corrected chi connectivity index (χ1v) is 8.11.